The first-order valence-electron chi connectivity index (χ1n) is 9.12. The number of fused-ring (bicyclic) bond motifs is 1. The van der Waals surface area contributed by atoms with E-state index in [4.69, 9.17) is 9.47 Å². The van der Waals surface area contributed by atoms with E-state index in [0.29, 0.717) is 16.0 Å². The van der Waals surface area contributed by atoms with Crippen LogP contribution in [0.1, 0.15) is 0 Å². The number of hydrogen-bond acceptors (Lipinski definition) is 6. The molecule has 0 fully saturated rings. The summed E-state index contributed by atoms with van der Waals surface area (Å²) >= 11 is 1.43. The summed E-state index contributed by atoms with van der Waals surface area (Å²) in [4.78, 5) is 18.1. The van der Waals surface area contributed by atoms with Crippen molar-refractivity contribution < 1.29 is 14.6 Å². The minimum absolute atomic E-state index is 0.0868. The number of rotatable bonds is 7. The molecule has 4 rings (SSSR count). The molecule has 29 heavy (non-hydrogen) atoms. The Morgan fingerprint density at radius 3 is 2.59 bits per heavy atom. The van der Waals surface area contributed by atoms with Crippen LogP contribution in [0.3, 0.4) is 0 Å². The Kier molecular flexibility index (Phi) is 5.59. The van der Waals surface area contributed by atoms with Crippen LogP contribution in [-0.2, 0) is 6.54 Å². The van der Waals surface area contributed by atoms with E-state index in [1.54, 1.807) is 7.11 Å². The van der Waals surface area contributed by atoms with Gasteiger partial charge >= 0.3 is 0 Å². The summed E-state index contributed by atoms with van der Waals surface area (Å²) in [7, 11) is 1.62. The van der Waals surface area contributed by atoms with Crippen molar-refractivity contribution in [3.63, 3.8) is 0 Å². The molecule has 4 aromatic rings. The first-order valence-corrected chi connectivity index (χ1v) is 10.0. The van der Waals surface area contributed by atoms with Crippen LogP contribution < -0.4 is 15.0 Å². The number of nitrogens with zero attached hydrogens (tertiary/aromatic N) is 2. The van der Waals surface area contributed by atoms with Crippen molar-refractivity contribution in [2.24, 2.45) is 0 Å². The molecule has 0 bridgehead atoms. The molecule has 0 saturated carbocycles. The van der Waals surface area contributed by atoms with E-state index in [9.17, 15) is 9.90 Å². The SMILES string of the molecule is COc1ccc(-c2csc3ncn(CC(O)COc4ccccc4)c(=O)c23)cc1. The highest BCUT2D eigenvalue weighted by atomic mass is 32.1. The molecule has 0 aliphatic carbocycles. The summed E-state index contributed by atoms with van der Waals surface area (Å²) in [5.74, 6) is 1.43. The summed E-state index contributed by atoms with van der Waals surface area (Å²) in [6.45, 7) is 0.190. The van der Waals surface area contributed by atoms with Crippen LogP contribution >= 0.6 is 11.3 Å². The van der Waals surface area contributed by atoms with Crippen molar-refractivity contribution in [1.29, 1.82) is 0 Å². The molecular formula is C22H20N2O4S. The lowest BCUT2D eigenvalue weighted by Crippen LogP contribution is -2.30. The number of hydrogen-bond donors (Lipinski definition) is 1. The van der Waals surface area contributed by atoms with Crippen molar-refractivity contribution in [3.05, 3.63) is 76.7 Å². The zero-order valence-electron chi connectivity index (χ0n) is 15.8. The molecule has 2 aromatic carbocycles. The minimum atomic E-state index is -0.838. The molecule has 0 aliphatic heterocycles. The fourth-order valence-electron chi connectivity index (χ4n) is 3.07. The van der Waals surface area contributed by atoms with Gasteiger partial charge in [-0.15, -0.1) is 11.3 Å². The van der Waals surface area contributed by atoms with Gasteiger partial charge in [-0.1, -0.05) is 30.3 Å². The van der Waals surface area contributed by atoms with Crippen LogP contribution in [0.15, 0.2) is 71.1 Å². The fourth-order valence-corrected chi connectivity index (χ4v) is 3.98. The Bertz CT molecular complexity index is 1150. The predicted molar refractivity (Wildman–Crippen MR) is 114 cm³/mol. The topological polar surface area (TPSA) is 73.6 Å². The summed E-state index contributed by atoms with van der Waals surface area (Å²) < 4.78 is 12.2. The summed E-state index contributed by atoms with van der Waals surface area (Å²) in [5, 5.41) is 12.8. The van der Waals surface area contributed by atoms with Crippen molar-refractivity contribution in [2.45, 2.75) is 12.6 Å². The Morgan fingerprint density at radius 2 is 1.86 bits per heavy atom. The number of aromatic nitrogens is 2. The number of aliphatic hydroxyl groups is 1. The molecule has 148 valence electrons. The average Bonchev–Trinajstić information content (AvgIpc) is 3.20. The van der Waals surface area contributed by atoms with Crippen molar-refractivity contribution in [1.82, 2.24) is 9.55 Å². The second-order valence-corrected chi connectivity index (χ2v) is 7.40. The summed E-state index contributed by atoms with van der Waals surface area (Å²) in [6.07, 6.45) is 0.639. The second kappa shape index (κ2) is 8.46. The third kappa shape index (κ3) is 4.16. The van der Waals surface area contributed by atoms with E-state index in [1.807, 2.05) is 60.0 Å². The second-order valence-electron chi connectivity index (χ2n) is 6.54. The fraction of sp³-hybridized carbons (Fsp3) is 0.182. The van der Waals surface area contributed by atoms with E-state index < -0.39 is 6.10 Å². The normalized spacial score (nSPS) is 12.1. The van der Waals surface area contributed by atoms with Crippen LogP contribution in [0.4, 0.5) is 0 Å². The molecule has 0 aliphatic rings. The molecule has 1 N–H and O–H groups in total. The van der Waals surface area contributed by atoms with Gasteiger partial charge in [0, 0.05) is 10.9 Å². The van der Waals surface area contributed by atoms with Gasteiger partial charge in [0.2, 0.25) is 0 Å². The Labute approximate surface area is 171 Å². The smallest absolute Gasteiger partial charge is 0.262 e. The standard InChI is InChI=1S/C22H20N2O4S/c1-27-17-9-7-15(8-10-17)19-13-29-21-20(19)22(26)24(14-23-21)11-16(25)12-28-18-5-3-2-4-6-18/h2-10,13-14,16,25H,11-12H2,1H3. The van der Waals surface area contributed by atoms with Gasteiger partial charge < -0.3 is 14.6 Å². The average molecular weight is 408 g/mol. The summed E-state index contributed by atoms with van der Waals surface area (Å²) in [6, 6.07) is 16.8. The third-order valence-electron chi connectivity index (χ3n) is 4.55. The number of benzene rings is 2. The molecule has 2 heterocycles. The maximum Gasteiger partial charge on any atom is 0.262 e. The van der Waals surface area contributed by atoms with Gasteiger partial charge in [-0.25, -0.2) is 4.98 Å². The highest BCUT2D eigenvalue weighted by Crippen LogP contribution is 2.31. The van der Waals surface area contributed by atoms with E-state index in [2.05, 4.69) is 4.98 Å². The number of aliphatic hydroxyl groups excluding tert-OH is 1. The van der Waals surface area contributed by atoms with Gasteiger partial charge in [0.1, 0.15) is 29.0 Å². The van der Waals surface area contributed by atoms with E-state index in [-0.39, 0.29) is 18.7 Å². The Morgan fingerprint density at radius 1 is 1.10 bits per heavy atom. The van der Waals surface area contributed by atoms with Crippen molar-refractivity contribution in [3.8, 4) is 22.6 Å². The van der Waals surface area contributed by atoms with Gasteiger partial charge in [0.25, 0.3) is 5.56 Å². The quantitative estimate of drug-likeness (QED) is 0.506. The first-order chi connectivity index (χ1) is 14.2. The molecule has 1 unspecified atom stereocenters. The van der Waals surface area contributed by atoms with Crippen molar-refractivity contribution >= 4 is 21.6 Å². The molecule has 0 radical (unpaired) electrons. The molecule has 1 atom stereocenters. The van der Waals surface area contributed by atoms with Gasteiger partial charge in [0.05, 0.1) is 25.4 Å². The number of methoxy groups -OCH3 is 1. The lowest BCUT2D eigenvalue weighted by Gasteiger charge is -2.14. The van der Waals surface area contributed by atoms with Crippen LogP contribution in [0.5, 0.6) is 11.5 Å². The lowest BCUT2D eigenvalue weighted by atomic mass is 10.1. The largest absolute Gasteiger partial charge is 0.497 e. The van der Waals surface area contributed by atoms with Gasteiger partial charge in [0.15, 0.2) is 0 Å². The highest BCUT2D eigenvalue weighted by Gasteiger charge is 2.15. The first kappa shape index (κ1) is 19.2. The zero-order valence-corrected chi connectivity index (χ0v) is 16.6. The maximum absolute atomic E-state index is 13.1. The van der Waals surface area contributed by atoms with Gasteiger partial charge in [-0.2, -0.15) is 0 Å². The highest BCUT2D eigenvalue weighted by molar-refractivity contribution is 7.17. The van der Waals surface area contributed by atoms with E-state index >= 15 is 0 Å². The van der Waals surface area contributed by atoms with Crippen molar-refractivity contribution in [2.75, 3.05) is 13.7 Å². The van der Waals surface area contributed by atoms with Crippen LogP contribution in [-0.4, -0.2) is 34.5 Å². The molecule has 6 nitrogen and oxygen atoms in total. The maximum atomic E-state index is 13.1. The van der Waals surface area contributed by atoms with Crippen LogP contribution in [0.2, 0.25) is 0 Å². The van der Waals surface area contributed by atoms with E-state index in [1.165, 1.54) is 22.2 Å². The minimum Gasteiger partial charge on any atom is -0.497 e. The van der Waals surface area contributed by atoms with Crippen LogP contribution in [0.25, 0.3) is 21.3 Å². The molecular weight excluding hydrogens is 388 g/mol. The van der Waals surface area contributed by atoms with Gasteiger partial charge in [-0.3, -0.25) is 9.36 Å². The van der Waals surface area contributed by atoms with Crippen LogP contribution in [0, 0.1) is 0 Å². The molecule has 2 aromatic heterocycles. The van der Waals surface area contributed by atoms with E-state index in [0.717, 1.165) is 16.9 Å². The third-order valence-corrected chi connectivity index (χ3v) is 5.44. The predicted octanol–water partition coefficient (Wildman–Crippen LogP) is 3.57. The monoisotopic (exact) mass is 408 g/mol. The number of para-hydroxylation sites is 1. The summed E-state index contributed by atoms with van der Waals surface area (Å²) in [5.41, 5.74) is 1.57. The molecule has 0 saturated heterocycles. The van der Waals surface area contributed by atoms with Gasteiger partial charge in [-0.05, 0) is 29.8 Å². The Hall–Kier alpha value is -3.16. The molecule has 0 spiro atoms. The zero-order chi connectivity index (χ0) is 20.2. The molecule has 7 heteroatoms. The number of thiophene rings is 1. The molecule has 0 amide bonds. The lowest BCUT2D eigenvalue weighted by molar-refractivity contribution is 0.0915. The number of ether oxygens (including phenoxy) is 2. The Balaban J connectivity index is 1.57.